The number of nitro benzene ring substituents is 1. The number of allylic oxidation sites excluding steroid dienone is 2. The van der Waals surface area contributed by atoms with E-state index in [9.17, 15) is 10.1 Å². The van der Waals surface area contributed by atoms with Crippen molar-refractivity contribution in [1.82, 2.24) is 0 Å². The highest BCUT2D eigenvalue weighted by Gasteiger charge is 2.61. The van der Waals surface area contributed by atoms with Crippen LogP contribution in [0.5, 0.6) is 0 Å². The summed E-state index contributed by atoms with van der Waals surface area (Å²) in [6, 6.07) is 7.30. The molecule has 1 aromatic carbocycles. The van der Waals surface area contributed by atoms with Gasteiger partial charge in [0.15, 0.2) is 0 Å². The third-order valence-electron chi connectivity index (χ3n) is 5.97. The monoisotopic (exact) mass is 296 g/mol. The Kier molecular flexibility index (Phi) is 2.32. The van der Waals surface area contributed by atoms with Crippen LogP contribution in [0.4, 0.5) is 11.4 Å². The Hall–Kier alpha value is -2.24. The number of rotatable bonds is 2. The second-order valence-electron chi connectivity index (χ2n) is 6.77. The summed E-state index contributed by atoms with van der Waals surface area (Å²) in [5.41, 5.74) is 1.02. The molecule has 3 aliphatic carbocycles. The first-order valence-electron chi connectivity index (χ1n) is 7.85. The standard InChI is InChI=1S/C16H16N4O2/c21-20(22)10-6-4-9(5-7-10)19-16-14-8-13(15(16)17-18-19)11-2-1-3-12(11)14/h1,3-7,11-16H,2,8H2. The fourth-order valence-electron chi connectivity index (χ4n) is 5.13. The maximum absolute atomic E-state index is 10.8. The molecule has 1 heterocycles. The summed E-state index contributed by atoms with van der Waals surface area (Å²) >= 11 is 0. The van der Waals surface area contributed by atoms with E-state index in [2.05, 4.69) is 22.5 Å². The van der Waals surface area contributed by atoms with E-state index in [1.54, 1.807) is 24.3 Å². The average molecular weight is 296 g/mol. The summed E-state index contributed by atoms with van der Waals surface area (Å²) in [5, 5.41) is 21.7. The number of non-ortho nitro benzene ring substituents is 1. The van der Waals surface area contributed by atoms with Crippen LogP contribution in [0.15, 0.2) is 46.8 Å². The Morgan fingerprint density at radius 1 is 1.18 bits per heavy atom. The van der Waals surface area contributed by atoms with E-state index in [4.69, 9.17) is 0 Å². The molecule has 6 nitrogen and oxygen atoms in total. The smallest absolute Gasteiger partial charge is 0.258 e. The fourth-order valence-corrected chi connectivity index (χ4v) is 5.13. The number of nitrogens with zero attached hydrogens (tertiary/aromatic N) is 4. The molecule has 112 valence electrons. The largest absolute Gasteiger partial charge is 0.269 e. The number of anilines is 1. The summed E-state index contributed by atoms with van der Waals surface area (Å²) in [4.78, 5) is 10.4. The van der Waals surface area contributed by atoms with Crippen LogP contribution < -0.4 is 5.01 Å². The van der Waals surface area contributed by atoms with Gasteiger partial charge < -0.3 is 0 Å². The highest BCUT2D eigenvalue weighted by molar-refractivity contribution is 5.52. The van der Waals surface area contributed by atoms with Crippen molar-refractivity contribution < 1.29 is 4.92 Å². The first kappa shape index (κ1) is 12.3. The summed E-state index contributed by atoms with van der Waals surface area (Å²) in [7, 11) is 0. The molecule has 0 saturated heterocycles. The van der Waals surface area contributed by atoms with Crippen LogP contribution in [0.1, 0.15) is 12.8 Å². The van der Waals surface area contributed by atoms with Gasteiger partial charge in [0.2, 0.25) is 0 Å². The molecule has 1 aromatic rings. The molecule has 2 fully saturated rings. The fraction of sp³-hybridized carbons (Fsp3) is 0.500. The van der Waals surface area contributed by atoms with Crippen molar-refractivity contribution in [3.8, 4) is 0 Å². The summed E-state index contributed by atoms with van der Waals surface area (Å²) in [6.45, 7) is 0. The van der Waals surface area contributed by atoms with Crippen LogP contribution in [0.2, 0.25) is 0 Å². The normalized spacial score (nSPS) is 40.3. The molecule has 6 heteroatoms. The number of benzene rings is 1. The second-order valence-corrected chi connectivity index (χ2v) is 6.77. The zero-order valence-corrected chi connectivity index (χ0v) is 11.9. The summed E-state index contributed by atoms with van der Waals surface area (Å²) < 4.78 is 0. The molecule has 2 bridgehead atoms. The molecule has 0 aromatic heterocycles. The van der Waals surface area contributed by atoms with Crippen molar-refractivity contribution in [2.45, 2.75) is 24.9 Å². The lowest BCUT2D eigenvalue weighted by molar-refractivity contribution is -0.384. The zero-order chi connectivity index (χ0) is 14.8. The number of hydrogen-bond donors (Lipinski definition) is 0. The molecule has 6 atom stereocenters. The van der Waals surface area contributed by atoms with Crippen molar-refractivity contribution >= 4 is 11.4 Å². The maximum atomic E-state index is 10.8. The van der Waals surface area contributed by atoms with Crippen LogP contribution in [0, 0.1) is 33.8 Å². The van der Waals surface area contributed by atoms with Gasteiger partial charge in [-0.1, -0.05) is 17.4 Å². The lowest BCUT2D eigenvalue weighted by Crippen LogP contribution is -2.44. The number of fused-ring (bicyclic) bond motifs is 8. The van der Waals surface area contributed by atoms with Crippen LogP contribution in [0.25, 0.3) is 0 Å². The highest BCUT2D eigenvalue weighted by Crippen LogP contribution is 2.60. The van der Waals surface area contributed by atoms with E-state index in [1.165, 1.54) is 12.8 Å². The van der Waals surface area contributed by atoms with Gasteiger partial charge in [0.25, 0.3) is 5.69 Å². The minimum absolute atomic E-state index is 0.114. The van der Waals surface area contributed by atoms with Crippen LogP contribution >= 0.6 is 0 Å². The average Bonchev–Trinajstić information content (AvgIpc) is 3.25. The molecular weight excluding hydrogens is 280 g/mol. The number of hydrogen-bond acceptors (Lipinski definition) is 5. The molecule has 2 saturated carbocycles. The van der Waals surface area contributed by atoms with E-state index in [0.717, 1.165) is 11.6 Å². The Morgan fingerprint density at radius 2 is 2.00 bits per heavy atom. The molecule has 22 heavy (non-hydrogen) atoms. The predicted octanol–water partition coefficient (Wildman–Crippen LogP) is 3.36. The Balaban J connectivity index is 1.46. The van der Waals surface area contributed by atoms with Gasteiger partial charge in [-0.2, -0.15) is 5.11 Å². The van der Waals surface area contributed by atoms with E-state index >= 15 is 0 Å². The van der Waals surface area contributed by atoms with Gasteiger partial charge in [-0.25, -0.2) is 5.01 Å². The molecule has 5 rings (SSSR count). The van der Waals surface area contributed by atoms with Gasteiger partial charge in [0.1, 0.15) is 0 Å². The Bertz CT molecular complexity index is 699. The molecule has 6 unspecified atom stereocenters. The van der Waals surface area contributed by atoms with Gasteiger partial charge in [0.05, 0.1) is 22.7 Å². The lowest BCUT2D eigenvalue weighted by Gasteiger charge is -2.35. The predicted molar refractivity (Wildman–Crippen MR) is 80.3 cm³/mol. The first-order valence-corrected chi connectivity index (χ1v) is 7.85. The molecule has 1 aliphatic heterocycles. The van der Waals surface area contributed by atoms with Crippen LogP contribution in [-0.4, -0.2) is 17.0 Å². The molecule has 0 spiro atoms. The second kappa shape index (κ2) is 4.15. The van der Waals surface area contributed by atoms with Crippen LogP contribution in [-0.2, 0) is 0 Å². The molecule has 0 amide bonds. The number of nitro groups is 1. The third-order valence-corrected chi connectivity index (χ3v) is 5.97. The molecule has 0 radical (unpaired) electrons. The van der Waals surface area contributed by atoms with Crippen molar-refractivity contribution in [2.75, 3.05) is 5.01 Å². The quantitative estimate of drug-likeness (QED) is 0.477. The maximum Gasteiger partial charge on any atom is 0.269 e. The van der Waals surface area contributed by atoms with Gasteiger partial charge >= 0.3 is 0 Å². The minimum Gasteiger partial charge on any atom is -0.258 e. The zero-order valence-electron chi connectivity index (χ0n) is 11.9. The third kappa shape index (κ3) is 1.44. The van der Waals surface area contributed by atoms with Gasteiger partial charge in [-0.05, 0) is 48.6 Å². The van der Waals surface area contributed by atoms with Crippen LogP contribution in [0.3, 0.4) is 0 Å². The van der Waals surface area contributed by atoms with Crippen molar-refractivity contribution in [3.63, 3.8) is 0 Å². The van der Waals surface area contributed by atoms with Gasteiger partial charge in [-0.15, -0.1) is 0 Å². The first-order chi connectivity index (χ1) is 10.7. The van der Waals surface area contributed by atoms with Crippen molar-refractivity contribution in [3.05, 3.63) is 46.5 Å². The summed E-state index contributed by atoms with van der Waals surface area (Å²) in [6.07, 6.45) is 7.15. The van der Waals surface area contributed by atoms with E-state index in [-0.39, 0.29) is 10.6 Å². The molecular formula is C16H16N4O2. The minimum atomic E-state index is -0.371. The van der Waals surface area contributed by atoms with Crippen molar-refractivity contribution in [1.29, 1.82) is 0 Å². The molecule has 0 N–H and O–H groups in total. The van der Waals surface area contributed by atoms with Crippen molar-refractivity contribution in [2.24, 2.45) is 34.0 Å². The van der Waals surface area contributed by atoms with E-state index < -0.39 is 0 Å². The topological polar surface area (TPSA) is 71.1 Å². The van der Waals surface area contributed by atoms with Gasteiger partial charge in [-0.3, -0.25) is 10.1 Å². The van der Waals surface area contributed by atoms with E-state index in [0.29, 0.717) is 29.8 Å². The Morgan fingerprint density at radius 3 is 2.77 bits per heavy atom. The lowest BCUT2D eigenvalue weighted by atomic mass is 9.76. The van der Waals surface area contributed by atoms with Gasteiger partial charge in [0, 0.05) is 12.1 Å². The molecule has 4 aliphatic rings. The summed E-state index contributed by atoms with van der Waals surface area (Å²) in [5.74, 6) is 2.71. The SMILES string of the molecule is O=[N+]([O-])c1ccc(N2N=NC3C4CC(C5C=CCC54)C32)cc1. The van der Waals surface area contributed by atoms with E-state index in [1.807, 2.05) is 5.01 Å². The Labute approximate surface area is 127 Å². The highest BCUT2D eigenvalue weighted by atomic mass is 16.6.